The Bertz CT molecular complexity index is 345. The zero-order chi connectivity index (χ0) is 10.9. The van der Waals surface area contributed by atoms with Gasteiger partial charge in [-0.05, 0) is 31.5 Å². The number of phenols is 1. The summed E-state index contributed by atoms with van der Waals surface area (Å²) >= 11 is 5.82. The lowest BCUT2D eigenvalue weighted by atomic mass is 9.95. The molecular weight excluding hydrogens is 202 g/mol. The fraction of sp³-hybridized carbons (Fsp3) is 0.400. The van der Waals surface area contributed by atoms with Crippen LogP contribution in [0.3, 0.4) is 0 Å². The Hall–Kier alpha value is -0.930. The molecule has 14 heavy (non-hydrogen) atoms. The van der Waals surface area contributed by atoms with E-state index >= 15 is 0 Å². The van der Waals surface area contributed by atoms with Crippen LogP contribution in [0.2, 0.25) is 5.02 Å². The van der Waals surface area contributed by atoms with Gasteiger partial charge in [0.15, 0.2) is 11.5 Å². The number of phenolic OH excluding ortho intramolecular Hbond substituents is 1. The van der Waals surface area contributed by atoms with Gasteiger partial charge in [-0.1, -0.05) is 11.6 Å². The van der Waals surface area contributed by atoms with Gasteiger partial charge < -0.3 is 15.6 Å². The van der Waals surface area contributed by atoms with E-state index in [2.05, 4.69) is 0 Å². The molecule has 0 heterocycles. The standard InChI is InChI=1S/C10H14ClNO2/c1-10(2,12)6-4-7(11)9(13)8(5-6)14-3/h4-5,13H,12H2,1-3H3. The van der Waals surface area contributed by atoms with E-state index in [1.807, 2.05) is 13.8 Å². The van der Waals surface area contributed by atoms with Crippen LogP contribution in [0.25, 0.3) is 0 Å². The molecule has 4 heteroatoms. The number of halogens is 1. The highest BCUT2D eigenvalue weighted by Gasteiger charge is 2.18. The van der Waals surface area contributed by atoms with Gasteiger partial charge in [-0.2, -0.15) is 0 Å². The Balaban J connectivity index is 3.30. The van der Waals surface area contributed by atoms with Gasteiger partial charge in [-0.15, -0.1) is 0 Å². The molecule has 0 saturated carbocycles. The van der Waals surface area contributed by atoms with Crippen molar-refractivity contribution in [2.24, 2.45) is 5.73 Å². The second kappa shape index (κ2) is 3.67. The Morgan fingerprint density at radius 3 is 2.43 bits per heavy atom. The van der Waals surface area contributed by atoms with Crippen LogP contribution in [0.15, 0.2) is 12.1 Å². The van der Waals surface area contributed by atoms with Gasteiger partial charge in [0.1, 0.15) is 0 Å². The van der Waals surface area contributed by atoms with Crippen molar-refractivity contribution in [3.8, 4) is 11.5 Å². The Kier molecular flexibility index (Phi) is 2.92. The van der Waals surface area contributed by atoms with Crippen molar-refractivity contribution in [2.45, 2.75) is 19.4 Å². The maximum atomic E-state index is 9.49. The molecule has 0 bridgehead atoms. The quantitative estimate of drug-likeness (QED) is 0.796. The third-order valence-corrected chi connectivity index (χ3v) is 2.28. The normalized spacial score (nSPS) is 11.5. The molecule has 0 radical (unpaired) electrons. The monoisotopic (exact) mass is 215 g/mol. The van der Waals surface area contributed by atoms with Gasteiger partial charge in [0.2, 0.25) is 0 Å². The number of methoxy groups -OCH3 is 1. The van der Waals surface area contributed by atoms with E-state index in [0.29, 0.717) is 5.75 Å². The summed E-state index contributed by atoms with van der Waals surface area (Å²) in [6.45, 7) is 3.71. The summed E-state index contributed by atoms with van der Waals surface area (Å²) in [7, 11) is 1.47. The van der Waals surface area contributed by atoms with Gasteiger partial charge >= 0.3 is 0 Å². The lowest BCUT2D eigenvalue weighted by Gasteiger charge is -2.20. The third-order valence-electron chi connectivity index (χ3n) is 1.99. The molecule has 1 aromatic rings. The first-order valence-electron chi connectivity index (χ1n) is 4.22. The molecule has 0 amide bonds. The van der Waals surface area contributed by atoms with E-state index < -0.39 is 5.54 Å². The largest absolute Gasteiger partial charge is 0.503 e. The minimum absolute atomic E-state index is 0.0535. The van der Waals surface area contributed by atoms with Gasteiger partial charge in [0.05, 0.1) is 12.1 Å². The average Bonchev–Trinajstić information content (AvgIpc) is 2.07. The Morgan fingerprint density at radius 1 is 1.43 bits per heavy atom. The van der Waals surface area contributed by atoms with Gasteiger partial charge in [-0.25, -0.2) is 0 Å². The molecule has 0 aliphatic carbocycles. The zero-order valence-electron chi connectivity index (χ0n) is 8.47. The van der Waals surface area contributed by atoms with Crippen LogP contribution in [0, 0.1) is 0 Å². The molecule has 0 aliphatic heterocycles. The highest BCUT2D eigenvalue weighted by atomic mass is 35.5. The van der Waals surface area contributed by atoms with Crippen molar-refractivity contribution in [3.05, 3.63) is 22.7 Å². The summed E-state index contributed by atoms with van der Waals surface area (Å²) in [5.74, 6) is 0.285. The van der Waals surface area contributed by atoms with Gasteiger partial charge in [0, 0.05) is 5.54 Å². The maximum absolute atomic E-state index is 9.49. The first kappa shape index (κ1) is 11.1. The van der Waals surface area contributed by atoms with Crippen LogP contribution in [-0.2, 0) is 5.54 Å². The third kappa shape index (κ3) is 2.11. The second-order valence-corrected chi connectivity index (χ2v) is 4.14. The topological polar surface area (TPSA) is 55.5 Å². The number of ether oxygens (including phenoxy) is 1. The fourth-order valence-corrected chi connectivity index (χ4v) is 1.31. The number of rotatable bonds is 2. The van der Waals surface area contributed by atoms with Crippen LogP contribution < -0.4 is 10.5 Å². The molecule has 0 saturated heterocycles. The molecule has 0 atom stereocenters. The number of hydrogen-bond donors (Lipinski definition) is 2. The molecule has 0 aromatic heterocycles. The predicted octanol–water partition coefficient (Wildman–Crippen LogP) is 2.25. The first-order chi connectivity index (χ1) is 6.36. The molecule has 78 valence electrons. The lowest BCUT2D eigenvalue weighted by Crippen LogP contribution is -2.28. The van der Waals surface area contributed by atoms with Crippen molar-refractivity contribution >= 4 is 11.6 Å². The smallest absolute Gasteiger partial charge is 0.176 e. The molecule has 3 N–H and O–H groups in total. The Morgan fingerprint density at radius 2 is 2.00 bits per heavy atom. The molecule has 1 rings (SSSR count). The summed E-state index contributed by atoms with van der Waals surface area (Å²) in [4.78, 5) is 0. The highest BCUT2D eigenvalue weighted by Crippen LogP contribution is 2.37. The van der Waals surface area contributed by atoms with Crippen molar-refractivity contribution in [1.29, 1.82) is 0 Å². The van der Waals surface area contributed by atoms with E-state index in [9.17, 15) is 5.11 Å². The number of hydrogen-bond acceptors (Lipinski definition) is 3. The van der Waals surface area contributed by atoms with Crippen molar-refractivity contribution < 1.29 is 9.84 Å². The van der Waals surface area contributed by atoms with Crippen molar-refractivity contribution in [1.82, 2.24) is 0 Å². The van der Waals surface area contributed by atoms with Gasteiger partial charge in [0.25, 0.3) is 0 Å². The average molecular weight is 216 g/mol. The fourth-order valence-electron chi connectivity index (χ4n) is 1.10. The van der Waals surface area contributed by atoms with E-state index in [1.165, 1.54) is 7.11 Å². The van der Waals surface area contributed by atoms with Crippen LogP contribution in [0.5, 0.6) is 11.5 Å². The van der Waals surface area contributed by atoms with Crippen LogP contribution in [0.4, 0.5) is 0 Å². The molecule has 0 aliphatic rings. The minimum atomic E-state index is -0.509. The van der Waals surface area contributed by atoms with Crippen LogP contribution >= 0.6 is 11.6 Å². The Labute approximate surface area is 88.4 Å². The van der Waals surface area contributed by atoms with E-state index in [-0.39, 0.29) is 10.8 Å². The SMILES string of the molecule is COc1cc(C(C)(C)N)cc(Cl)c1O. The lowest BCUT2D eigenvalue weighted by molar-refractivity contribution is 0.371. The summed E-state index contributed by atoms with van der Waals surface area (Å²) in [5.41, 5.74) is 6.21. The summed E-state index contributed by atoms with van der Waals surface area (Å²) < 4.78 is 4.97. The summed E-state index contributed by atoms with van der Waals surface area (Å²) in [6, 6.07) is 3.32. The molecule has 0 fully saturated rings. The van der Waals surface area contributed by atoms with Crippen LogP contribution in [-0.4, -0.2) is 12.2 Å². The molecule has 0 spiro atoms. The molecule has 3 nitrogen and oxygen atoms in total. The summed E-state index contributed by atoms with van der Waals surface area (Å²) in [5, 5.41) is 9.74. The predicted molar refractivity (Wildman–Crippen MR) is 56.9 cm³/mol. The van der Waals surface area contributed by atoms with Crippen molar-refractivity contribution in [3.63, 3.8) is 0 Å². The van der Waals surface area contributed by atoms with E-state index in [1.54, 1.807) is 12.1 Å². The zero-order valence-corrected chi connectivity index (χ0v) is 9.22. The number of aromatic hydroxyl groups is 1. The molecule has 0 unspecified atom stereocenters. The number of benzene rings is 1. The van der Waals surface area contributed by atoms with E-state index in [0.717, 1.165) is 5.56 Å². The number of nitrogens with two attached hydrogens (primary N) is 1. The van der Waals surface area contributed by atoms with Gasteiger partial charge in [-0.3, -0.25) is 0 Å². The minimum Gasteiger partial charge on any atom is -0.503 e. The highest BCUT2D eigenvalue weighted by molar-refractivity contribution is 6.32. The van der Waals surface area contributed by atoms with Crippen molar-refractivity contribution in [2.75, 3.05) is 7.11 Å². The maximum Gasteiger partial charge on any atom is 0.176 e. The first-order valence-corrected chi connectivity index (χ1v) is 4.60. The second-order valence-electron chi connectivity index (χ2n) is 3.73. The van der Waals surface area contributed by atoms with Crippen LogP contribution in [0.1, 0.15) is 19.4 Å². The van der Waals surface area contributed by atoms with E-state index in [4.69, 9.17) is 22.1 Å². The molecular formula is C10H14ClNO2. The molecule has 1 aromatic carbocycles. The summed E-state index contributed by atoms with van der Waals surface area (Å²) in [6.07, 6.45) is 0.